The summed E-state index contributed by atoms with van der Waals surface area (Å²) in [5.41, 5.74) is 6.79. The molecule has 1 heterocycles. The first-order chi connectivity index (χ1) is 8.27. The minimum absolute atomic E-state index is 0.482. The Bertz CT molecular complexity index is 240. The van der Waals surface area contributed by atoms with Crippen molar-refractivity contribution in [3.63, 3.8) is 0 Å². The largest absolute Gasteiger partial charge is 0.328 e. The highest BCUT2D eigenvalue weighted by atomic mass is 15.2. The molecule has 0 atom stereocenters. The first kappa shape index (κ1) is 12.0. The molecule has 3 fully saturated rings. The van der Waals surface area contributed by atoms with Gasteiger partial charge in [-0.05, 0) is 69.9 Å². The molecule has 0 aromatic carbocycles. The third kappa shape index (κ3) is 2.53. The highest BCUT2D eigenvalue weighted by molar-refractivity contribution is 4.92. The number of nitrogens with zero attached hydrogens (tertiary/aromatic N) is 1. The van der Waals surface area contributed by atoms with Gasteiger partial charge in [-0.2, -0.15) is 0 Å². The second-order valence-electron chi connectivity index (χ2n) is 6.81. The third-order valence-electron chi connectivity index (χ3n) is 5.77. The van der Waals surface area contributed by atoms with Gasteiger partial charge in [-0.3, -0.25) is 0 Å². The van der Waals surface area contributed by atoms with Gasteiger partial charge in [0.15, 0.2) is 0 Å². The standard InChI is InChI=1S/C15H28N2/c16-13-5-11-17(12-6-13)14-3-9-15(10-4-14)7-1-2-8-15/h13-14H,1-12,16H2. The topological polar surface area (TPSA) is 29.3 Å². The Kier molecular flexibility index (Phi) is 3.45. The van der Waals surface area contributed by atoms with Crippen LogP contribution in [0, 0.1) is 5.41 Å². The van der Waals surface area contributed by atoms with Crippen molar-refractivity contribution in [2.24, 2.45) is 11.1 Å². The predicted molar refractivity (Wildman–Crippen MR) is 71.9 cm³/mol. The molecule has 0 unspecified atom stereocenters. The Morgan fingerprint density at radius 2 is 1.41 bits per heavy atom. The van der Waals surface area contributed by atoms with Crippen LogP contribution in [0.5, 0.6) is 0 Å². The van der Waals surface area contributed by atoms with E-state index in [9.17, 15) is 0 Å². The summed E-state index contributed by atoms with van der Waals surface area (Å²) in [6, 6.07) is 1.38. The van der Waals surface area contributed by atoms with Crippen LogP contribution < -0.4 is 5.73 Å². The molecule has 0 bridgehead atoms. The Labute approximate surface area is 106 Å². The molecule has 0 amide bonds. The lowest BCUT2D eigenvalue weighted by Crippen LogP contribution is -2.47. The van der Waals surface area contributed by atoms with Crippen molar-refractivity contribution in [1.29, 1.82) is 0 Å². The van der Waals surface area contributed by atoms with Crippen molar-refractivity contribution in [3.05, 3.63) is 0 Å². The molecule has 2 N–H and O–H groups in total. The molecule has 0 aromatic heterocycles. The number of nitrogens with two attached hydrogens (primary N) is 1. The first-order valence-electron chi connectivity index (χ1n) is 7.77. The fourth-order valence-electron chi connectivity index (χ4n) is 4.49. The van der Waals surface area contributed by atoms with Crippen molar-refractivity contribution in [2.45, 2.75) is 76.3 Å². The number of rotatable bonds is 1. The van der Waals surface area contributed by atoms with E-state index in [0.717, 1.165) is 11.5 Å². The Morgan fingerprint density at radius 3 is 2.00 bits per heavy atom. The highest BCUT2D eigenvalue weighted by Crippen LogP contribution is 2.49. The van der Waals surface area contributed by atoms with Crippen LogP contribution in [-0.4, -0.2) is 30.1 Å². The fraction of sp³-hybridized carbons (Fsp3) is 1.00. The second-order valence-corrected chi connectivity index (χ2v) is 6.81. The summed E-state index contributed by atoms with van der Waals surface area (Å²) in [6.45, 7) is 2.53. The van der Waals surface area contributed by atoms with Gasteiger partial charge in [-0.15, -0.1) is 0 Å². The van der Waals surface area contributed by atoms with Crippen LogP contribution in [-0.2, 0) is 0 Å². The third-order valence-corrected chi connectivity index (χ3v) is 5.77. The molecule has 1 aliphatic heterocycles. The van der Waals surface area contributed by atoms with Crippen LogP contribution >= 0.6 is 0 Å². The maximum atomic E-state index is 5.99. The van der Waals surface area contributed by atoms with Gasteiger partial charge < -0.3 is 10.6 Å². The molecule has 3 aliphatic rings. The van der Waals surface area contributed by atoms with E-state index >= 15 is 0 Å². The van der Waals surface area contributed by atoms with E-state index in [1.807, 2.05) is 0 Å². The van der Waals surface area contributed by atoms with Gasteiger partial charge in [0.1, 0.15) is 0 Å². The lowest BCUT2D eigenvalue weighted by Gasteiger charge is -2.43. The van der Waals surface area contributed by atoms with Crippen LogP contribution in [0.25, 0.3) is 0 Å². The molecule has 1 saturated heterocycles. The van der Waals surface area contributed by atoms with Gasteiger partial charge in [-0.25, -0.2) is 0 Å². The molecule has 17 heavy (non-hydrogen) atoms. The number of hydrogen-bond acceptors (Lipinski definition) is 2. The molecule has 98 valence electrons. The SMILES string of the molecule is NC1CCN(C2CCC3(CCCC3)CC2)CC1. The average molecular weight is 236 g/mol. The Balaban J connectivity index is 1.51. The first-order valence-corrected chi connectivity index (χ1v) is 7.77. The zero-order valence-corrected chi connectivity index (χ0v) is 11.2. The Hall–Kier alpha value is -0.0800. The van der Waals surface area contributed by atoms with Crippen LogP contribution in [0.15, 0.2) is 0 Å². The summed E-state index contributed by atoms with van der Waals surface area (Å²) in [5.74, 6) is 0. The summed E-state index contributed by atoms with van der Waals surface area (Å²) in [7, 11) is 0. The molecule has 2 nitrogen and oxygen atoms in total. The van der Waals surface area contributed by atoms with Crippen molar-refractivity contribution in [3.8, 4) is 0 Å². The normalized spacial score (nSPS) is 32.3. The summed E-state index contributed by atoms with van der Waals surface area (Å²) in [5, 5.41) is 0. The summed E-state index contributed by atoms with van der Waals surface area (Å²) in [4.78, 5) is 2.74. The summed E-state index contributed by atoms with van der Waals surface area (Å²) in [6.07, 6.45) is 14.5. The van der Waals surface area contributed by atoms with E-state index in [1.54, 1.807) is 0 Å². The van der Waals surface area contributed by atoms with Crippen molar-refractivity contribution in [2.75, 3.05) is 13.1 Å². The van der Waals surface area contributed by atoms with Gasteiger partial charge in [0.25, 0.3) is 0 Å². The van der Waals surface area contributed by atoms with E-state index in [0.29, 0.717) is 6.04 Å². The smallest absolute Gasteiger partial charge is 0.00956 e. The molecule has 3 rings (SSSR count). The number of hydrogen-bond donors (Lipinski definition) is 1. The van der Waals surface area contributed by atoms with E-state index in [-0.39, 0.29) is 0 Å². The average Bonchev–Trinajstić information content (AvgIpc) is 2.80. The minimum Gasteiger partial charge on any atom is -0.328 e. The van der Waals surface area contributed by atoms with Gasteiger partial charge in [-0.1, -0.05) is 12.8 Å². The van der Waals surface area contributed by atoms with Crippen LogP contribution in [0.3, 0.4) is 0 Å². The summed E-state index contributed by atoms with van der Waals surface area (Å²) < 4.78 is 0. The molecule has 0 aromatic rings. The Morgan fingerprint density at radius 1 is 0.824 bits per heavy atom. The maximum absolute atomic E-state index is 5.99. The lowest BCUT2D eigenvalue weighted by molar-refractivity contribution is 0.0740. The summed E-state index contributed by atoms with van der Waals surface area (Å²) >= 11 is 0. The van der Waals surface area contributed by atoms with Gasteiger partial charge in [0.2, 0.25) is 0 Å². The fourth-order valence-corrected chi connectivity index (χ4v) is 4.49. The van der Waals surface area contributed by atoms with E-state index < -0.39 is 0 Å². The van der Waals surface area contributed by atoms with Gasteiger partial charge in [0.05, 0.1) is 0 Å². The zero-order chi connectivity index (χ0) is 11.7. The highest BCUT2D eigenvalue weighted by Gasteiger charge is 2.39. The molecule has 0 radical (unpaired) electrons. The van der Waals surface area contributed by atoms with E-state index in [4.69, 9.17) is 5.73 Å². The number of likely N-dealkylation sites (tertiary alicyclic amines) is 1. The van der Waals surface area contributed by atoms with E-state index in [1.165, 1.54) is 77.3 Å². The van der Waals surface area contributed by atoms with Crippen molar-refractivity contribution >= 4 is 0 Å². The maximum Gasteiger partial charge on any atom is 0.00956 e. The van der Waals surface area contributed by atoms with Crippen LogP contribution in [0.4, 0.5) is 0 Å². The molecular formula is C15H28N2. The minimum atomic E-state index is 0.482. The van der Waals surface area contributed by atoms with Crippen LogP contribution in [0.2, 0.25) is 0 Å². The quantitative estimate of drug-likeness (QED) is 0.758. The molecule has 2 aliphatic carbocycles. The second kappa shape index (κ2) is 4.89. The predicted octanol–water partition coefficient (Wildman–Crippen LogP) is 2.91. The van der Waals surface area contributed by atoms with Gasteiger partial charge >= 0.3 is 0 Å². The molecule has 2 heteroatoms. The molecule has 2 saturated carbocycles. The zero-order valence-electron chi connectivity index (χ0n) is 11.2. The number of piperidine rings is 1. The lowest BCUT2D eigenvalue weighted by atomic mass is 9.71. The van der Waals surface area contributed by atoms with E-state index in [2.05, 4.69) is 4.90 Å². The van der Waals surface area contributed by atoms with Crippen molar-refractivity contribution < 1.29 is 0 Å². The molecular weight excluding hydrogens is 208 g/mol. The van der Waals surface area contributed by atoms with Gasteiger partial charge in [0, 0.05) is 12.1 Å². The van der Waals surface area contributed by atoms with Crippen LogP contribution in [0.1, 0.15) is 64.2 Å². The molecule has 1 spiro atoms. The monoisotopic (exact) mass is 236 g/mol. The van der Waals surface area contributed by atoms with Crippen molar-refractivity contribution in [1.82, 2.24) is 4.90 Å².